The van der Waals surface area contributed by atoms with Gasteiger partial charge in [-0.15, -0.1) is 0 Å². The molecular weight excluding hydrogens is 234 g/mol. The van der Waals surface area contributed by atoms with Gasteiger partial charge in [0.1, 0.15) is 0 Å². The smallest absolute Gasteiger partial charge is 0.0547 e. The summed E-state index contributed by atoms with van der Waals surface area (Å²) in [7, 11) is 2.21. The fraction of sp³-hybridized carbons (Fsp3) is 0.688. The first-order valence-electron chi connectivity index (χ1n) is 7.56. The van der Waals surface area contributed by atoms with Crippen LogP contribution >= 0.6 is 0 Å². The van der Waals surface area contributed by atoms with Gasteiger partial charge in [-0.3, -0.25) is 9.88 Å². The summed E-state index contributed by atoms with van der Waals surface area (Å²) >= 11 is 0. The number of nitrogens with one attached hydrogen (secondary N) is 1. The van der Waals surface area contributed by atoms with Gasteiger partial charge in [-0.1, -0.05) is 13.0 Å². The normalized spacial score (nSPS) is 16.8. The topological polar surface area (TPSA) is 28.2 Å². The summed E-state index contributed by atoms with van der Waals surface area (Å²) in [6.45, 7) is 7.42. The van der Waals surface area contributed by atoms with Crippen molar-refractivity contribution in [3.05, 3.63) is 29.6 Å². The van der Waals surface area contributed by atoms with E-state index >= 15 is 0 Å². The highest BCUT2D eigenvalue weighted by molar-refractivity contribution is 5.11. The molecule has 1 aliphatic rings. The molecule has 1 aliphatic carbocycles. The van der Waals surface area contributed by atoms with E-state index in [0.29, 0.717) is 6.04 Å². The molecule has 2 rings (SSSR count). The molecule has 0 aromatic carbocycles. The molecule has 0 spiro atoms. The molecular formula is C16H27N3. The number of hydrogen-bond donors (Lipinski definition) is 1. The third-order valence-electron chi connectivity index (χ3n) is 4.01. The molecule has 106 valence electrons. The van der Waals surface area contributed by atoms with E-state index in [0.717, 1.165) is 31.2 Å². The van der Waals surface area contributed by atoms with Crippen LogP contribution in [0.1, 0.15) is 44.5 Å². The van der Waals surface area contributed by atoms with Crippen LogP contribution in [0, 0.1) is 5.92 Å². The van der Waals surface area contributed by atoms with Gasteiger partial charge in [-0.2, -0.15) is 0 Å². The van der Waals surface area contributed by atoms with Gasteiger partial charge in [0.25, 0.3) is 0 Å². The third kappa shape index (κ3) is 4.59. The second-order valence-corrected chi connectivity index (χ2v) is 5.79. The molecule has 0 saturated heterocycles. The molecule has 3 nitrogen and oxygen atoms in total. The molecule has 3 heteroatoms. The Hall–Kier alpha value is -0.930. The zero-order chi connectivity index (χ0) is 13.7. The van der Waals surface area contributed by atoms with Crippen LogP contribution in [0.15, 0.2) is 18.2 Å². The van der Waals surface area contributed by atoms with Gasteiger partial charge in [-0.05, 0) is 57.8 Å². The van der Waals surface area contributed by atoms with Crippen LogP contribution in [0.3, 0.4) is 0 Å². The van der Waals surface area contributed by atoms with E-state index < -0.39 is 0 Å². The highest BCUT2D eigenvalue weighted by Gasteiger charge is 2.30. The number of hydrogen-bond acceptors (Lipinski definition) is 3. The van der Waals surface area contributed by atoms with Gasteiger partial charge in [0.2, 0.25) is 0 Å². The molecule has 1 aromatic heterocycles. The Morgan fingerprint density at radius 3 is 2.79 bits per heavy atom. The molecule has 1 heterocycles. The Balaban J connectivity index is 1.86. The van der Waals surface area contributed by atoms with Crippen molar-refractivity contribution in [1.82, 2.24) is 15.2 Å². The van der Waals surface area contributed by atoms with Crippen LogP contribution in [0.2, 0.25) is 0 Å². The van der Waals surface area contributed by atoms with Crippen LogP contribution in [-0.4, -0.2) is 29.5 Å². The largest absolute Gasteiger partial charge is 0.311 e. The second kappa shape index (κ2) is 7.01. The lowest BCUT2D eigenvalue weighted by atomic mass is 10.2. The molecule has 1 fully saturated rings. The number of nitrogens with zero attached hydrogens (tertiary/aromatic N) is 2. The first kappa shape index (κ1) is 14.5. The minimum atomic E-state index is 0.684. The third-order valence-corrected chi connectivity index (χ3v) is 4.01. The monoisotopic (exact) mass is 261 g/mol. The van der Waals surface area contributed by atoms with E-state index in [9.17, 15) is 0 Å². The molecule has 1 N–H and O–H groups in total. The maximum atomic E-state index is 4.74. The van der Waals surface area contributed by atoms with Gasteiger partial charge >= 0.3 is 0 Å². The minimum absolute atomic E-state index is 0.684. The van der Waals surface area contributed by atoms with Gasteiger partial charge in [0.15, 0.2) is 0 Å². The van der Waals surface area contributed by atoms with Crippen LogP contribution in [-0.2, 0) is 13.1 Å². The lowest BCUT2D eigenvalue weighted by Gasteiger charge is -2.24. The molecule has 0 aliphatic heterocycles. The summed E-state index contributed by atoms with van der Waals surface area (Å²) in [5.41, 5.74) is 2.34. The van der Waals surface area contributed by atoms with Gasteiger partial charge < -0.3 is 5.32 Å². The number of pyridine rings is 1. The van der Waals surface area contributed by atoms with Crippen molar-refractivity contribution < 1.29 is 0 Å². The zero-order valence-electron chi connectivity index (χ0n) is 12.5. The lowest BCUT2D eigenvalue weighted by molar-refractivity contribution is 0.224. The van der Waals surface area contributed by atoms with Gasteiger partial charge in [0.05, 0.1) is 11.4 Å². The molecule has 19 heavy (non-hydrogen) atoms. The van der Waals surface area contributed by atoms with Crippen molar-refractivity contribution in [1.29, 1.82) is 0 Å². The Kier molecular flexibility index (Phi) is 5.34. The van der Waals surface area contributed by atoms with Crippen molar-refractivity contribution in [2.45, 2.75) is 52.2 Å². The van der Waals surface area contributed by atoms with E-state index in [1.165, 1.54) is 25.0 Å². The SMILES string of the molecule is CCCNCc1cccc(CN(C)C(C)C2CC2)n1. The molecule has 1 aromatic rings. The van der Waals surface area contributed by atoms with E-state index in [-0.39, 0.29) is 0 Å². The van der Waals surface area contributed by atoms with Gasteiger partial charge in [0, 0.05) is 19.1 Å². The van der Waals surface area contributed by atoms with Crippen LogP contribution in [0.5, 0.6) is 0 Å². The Morgan fingerprint density at radius 2 is 2.11 bits per heavy atom. The van der Waals surface area contributed by atoms with Gasteiger partial charge in [-0.25, -0.2) is 0 Å². The maximum absolute atomic E-state index is 4.74. The van der Waals surface area contributed by atoms with Crippen molar-refractivity contribution in [2.24, 2.45) is 5.92 Å². The fourth-order valence-electron chi connectivity index (χ4n) is 2.45. The van der Waals surface area contributed by atoms with Crippen molar-refractivity contribution in [2.75, 3.05) is 13.6 Å². The fourth-order valence-corrected chi connectivity index (χ4v) is 2.45. The predicted octanol–water partition coefficient (Wildman–Crippen LogP) is 2.81. The molecule has 0 amide bonds. The van der Waals surface area contributed by atoms with E-state index in [1.807, 2.05) is 0 Å². The maximum Gasteiger partial charge on any atom is 0.0547 e. The highest BCUT2D eigenvalue weighted by atomic mass is 15.1. The Bertz CT molecular complexity index is 387. The average molecular weight is 261 g/mol. The highest BCUT2D eigenvalue weighted by Crippen LogP contribution is 2.34. The Labute approximate surface area is 117 Å². The van der Waals surface area contributed by atoms with Crippen molar-refractivity contribution in [3.8, 4) is 0 Å². The molecule has 1 atom stereocenters. The summed E-state index contributed by atoms with van der Waals surface area (Å²) in [6.07, 6.45) is 3.97. The molecule has 1 saturated carbocycles. The molecule has 0 bridgehead atoms. The first-order valence-corrected chi connectivity index (χ1v) is 7.56. The van der Waals surface area contributed by atoms with Crippen LogP contribution in [0.4, 0.5) is 0 Å². The lowest BCUT2D eigenvalue weighted by Crippen LogP contribution is -2.30. The molecule has 1 unspecified atom stereocenters. The Morgan fingerprint density at radius 1 is 1.37 bits per heavy atom. The van der Waals surface area contributed by atoms with E-state index in [1.54, 1.807) is 0 Å². The minimum Gasteiger partial charge on any atom is -0.311 e. The van der Waals surface area contributed by atoms with E-state index in [2.05, 4.69) is 49.3 Å². The number of aromatic nitrogens is 1. The zero-order valence-corrected chi connectivity index (χ0v) is 12.5. The summed E-state index contributed by atoms with van der Waals surface area (Å²) in [6, 6.07) is 7.06. The standard InChI is InChI=1S/C16H27N3/c1-4-10-17-11-15-6-5-7-16(18-15)12-19(3)13(2)14-8-9-14/h5-7,13-14,17H,4,8-12H2,1-3H3. The second-order valence-electron chi connectivity index (χ2n) is 5.79. The summed E-state index contributed by atoms with van der Waals surface area (Å²) < 4.78 is 0. The average Bonchev–Trinajstić information content (AvgIpc) is 3.23. The summed E-state index contributed by atoms with van der Waals surface area (Å²) in [5, 5.41) is 3.41. The quantitative estimate of drug-likeness (QED) is 0.729. The van der Waals surface area contributed by atoms with Crippen LogP contribution in [0.25, 0.3) is 0 Å². The summed E-state index contributed by atoms with van der Waals surface area (Å²) in [4.78, 5) is 7.18. The predicted molar refractivity (Wildman–Crippen MR) is 79.9 cm³/mol. The van der Waals surface area contributed by atoms with Crippen molar-refractivity contribution in [3.63, 3.8) is 0 Å². The summed E-state index contributed by atoms with van der Waals surface area (Å²) in [5.74, 6) is 0.916. The number of rotatable bonds is 8. The van der Waals surface area contributed by atoms with Crippen molar-refractivity contribution >= 4 is 0 Å². The van der Waals surface area contributed by atoms with Crippen LogP contribution < -0.4 is 5.32 Å². The van der Waals surface area contributed by atoms with E-state index in [4.69, 9.17) is 4.98 Å². The first-order chi connectivity index (χ1) is 9.20. The molecule has 0 radical (unpaired) electrons.